The molecule has 0 saturated carbocycles. The Hall–Kier alpha value is -1.72. The van der Waals surface area contributed by atoms with E-state index in [0.29, 0.717) is 23.2 Å². The molecule has 1 heterocycles. The number of aryl methyl sites for hydroxylation is 1. The summed E-state index contributed by atoms with van der Waals surface area (Å²) in [6.45, 7) is 4.39. The van der Waals surface area contributed by atoms with Crippen molar-refractivity contribution in [2.75, 3.05) is 0 Å². The van der Waals surface area contributed by atoms with Crippen molar-refractivity contribution in [1.82, 2.24) is 4.57 Å². The monoisotopic (exact) mass is 443 g/mol. The van der Waals surface area contributed by atoms with E-state index in [1.165, 1.54) is 0 Å². The molecule has 0 amide bonds. The molecular weight excluding hydrogens is 432 g/mol. The second-order valence-corrected chi connectivity index (χ2v) is 7.37. The number of aromatic nitrogens is 1. The molecule has 140 valence electrons. The van der Waals surface area contributed by atoms with Gasteiger partial charge in [0.05, 0.1) is 36.8 Å². The first-order valence-corrected chi connectivity index (χ1v) is 9.45. The van der Waals surface area contributed by atoms with Crippen LogP contribution in [0.2, 0.25) is 20.1 Å². The number of hydrogen-bond acceptors (Lipinski definition) is 2. The van der Waals surface area contributed by atoms with Crippen molar-refractivity contribution in [2.45, 2.75) is 20.4 Å². The van der Waals surface area contributed by atoms with E-state index in [0.717, 1.165) is 5.52 Å². The molecule has 1 N–H and O–H groups in total. The van der Waals surface area contributed by atoms with Crippen LogP contribution in [0.4, 0.5) is 0 Å². The van der Waals surface area contributed by atoms with Crippen molar-refractivity contribution in [3.05, 3.63) is 66.7 Å². The molecule has 0 spiro atoms. The van der Waals surface area contributed by atoms with Crippen LogP contribution in [0.15, 0.2) is 24.3 Å². The third kappa shape index (κ3) is 3.01. The van der Waals surface area contributed by atoms with Crippen molar-refractivity contribution < 1.29 is 14.7 Å². The first-order valence-electron chi connectivity index (χ1n) is 7.94. The van der Waals surface area contributed by atoms with E-state index in [1.807, 2.05) is 23.6 Å². The molecule has 3 aromatic rings. The summed E-state index contributed by atoms with van der Waals surface area (Å²) in [6, 6.07) is 7.37. The van der Waals surface area contributed by atoms with Gasteiger partial charge in [-0.1, -0.05) is 64.6 Å². The molecule has 0 aliphatic carbocycles. The van der Waals surface area contributed by atoms with Gasteiger partial charge in [-0.15, -0.1) is 0 Å². The van der Waals surface area contributed by atoms with Crippen LogP contribution in [-0.2, 0) is 6.54 Å². The number of nitrogens with zero attached hydrogens (tertiary/aromatic N) is 1. The molecule has 8 heteroatoms. The Labute approximate surface area is 175 Å². The van der Waals surface area contributed by atoms with Gasteiger partial charge in [0.2, 0.25) is 0 Å². The summed E-state index contributed by atoms with van der Waals surface area (Å²) in [7, 11) is 0. The average molecular weight is 445 g/mol. The van der Waals surface area contributed by atoms with Crippen molar-refractivity contribution in [1.29, 1.82) is 0 Å². The van der Waals surface area contributed by atoms with Crippen LogP contribution in [0.3, 0.4) is 0 Å². The number of ketones is 1. The van der Waals surface area contributed by atoms with Crippen LogP contribution in [0.1, 0.15) is 38.9 Å². The third-order valence-corrected chi connectivity index (χ3v) is 6.28. The smallest absolute Gasteiger partial charge is 0.338 e. The van der Waals surface area contributed by atoms with E-state index in [2.05, 4.69) is 0 Å². The fraction of sp³-hybridized carbons (Fsp3) is 0.158. The van der Waals surface area contributed by atoms with Gasteiger partial charge in [0.25, 0.3) is 0 Å². The van der Waals surface area contributed by atoms with E-state index in [4.69, 9.17) is 46.4 Å². The summed E-state index contributed by atoms with van der Waals surface area (Å²) in [5, 5.41) is 9.39. The minimum Gasteiger partial charge on any atom is -0.478 e. The van der Waals surface area contributed by atoms with Gasteiger partial charge < -0.3 is 9.67 Å². The highest BCUT2D eigenvalue weighted by Gasteiger charge is 2.31. The fourth-order valence-electron chi connectivity index (χ4n) is 3.30. The lowest BCUT2D eigenvalue weighted by Gasteiger charge is -2.13. The first-order chi connectivity index (χ1) is 12.7. The molecule has 0 bridgehead atoms. The van der Waals surface area contributed by atoms with E-state index >= 15 is 0 Å². The standard InChI is InChI=1S/C19H13Cl4NO3/c1-3-24-8(2)11(9-6-4-5-7-10(9)24)18(25)12-13(19(26)27)15(21)17(23)16(22)14(12)20/h4-7H,3H2,1-2H3,(H,26,27). The SMILES string of the molecule is CCn1c(C)c(C(=O)c2c(Cl)c(Cl)c(Cl)c(Cl)c2C(=O)O)c2ccccc21. The number of fused-ring (bicyclic) bond motifs is 1. The highest BCUT2D eigenvalue weighted by molar-refractivity contribution is 6.54. The van der Waals surface area contributed by atoms with Crippen LogP contribution in [0.5, 0.6) is 0 Å². The van der Waals surface area contributed by atoms with Crippen molar-refractivity contribution in [3.63, 3.8) is 0 Å². The molecular formula is C19H13Cl4NO3. The number of hydrogen-bond donors (Lipinski definition) is 1. The molecule has 0 aliphatic rings. The number of halogens is 4. The zero-order valence-corrected chi connectivity index (χ0v) is 17.3. The zero-order valence-electron chi connectivity index (χ0n) is 14.2. The summed E-state index contributed by atoms with van der Waals surface area (Å²) in [5.41, 5.74) is 1.17. The number of para-hydroxylation sites is 1. The maximum atomic E-state index is 13.5. The Morgan fingerprint density at radius 1 is 0.926 bits per heavy atom. The van der Waals surface area contributed by atoms with Crippen LogP contribution in [-0.4, -0.2) is 21.4 Å². The van der Waals surface area contributed by atoms with Crippen LogP contribution in [0, 0.1) is 6.92 Å². The molecule has 4 nitrogen and oxygen atoms in total. The van der Waals surface area contributed by atoms with E-state index in [9.17, 15) is 14.7 Å². The van der Waals surface area contributed by atoms with Gasteiger partial charge in [-0.3, -0.25) is 4.79 Å². The van der Waals surface area contributed by atoms with Gasteiger partial charge in [-0.25, -0.2) is 4.79 Å². The lowest BCUT2D eigenvalue weighted by atomic mass is 9.96. The largest absolute Gasteiger partial charge is 0.478 e. The molecule has 0 radical (unpaired) electrons. The summed E-state index contributed by atoms with van der Waals surface area (Å²) in [6.07, 6.45) is 0. The summed E-state index contributed by atoms with van der Waals surface area (Å²) >= 11 is 24.4. The Kier molecular flexibility index (Phi) is 5.46. The fourth-order valence-corrected chi connectivity index (χ4v) is 4.32. The second-order valence-electron chi connectivity index (χ2n) is 5.86. The van der Waals surface area contributed by atoms with Crippen molar-refractivity contribution >= 4 is 69.1 Å². The van der Waals surface area contributed by atoms with Crippen LogP contribution >= 0.6 is 46.4 Å². The molecule has 2 aromatic carbocycles. The number of rotatable bonds is 4. The highest BCUT2D eigenvalue weighted by Crippen LogP contribution is 2.43. The minimum atomic E-state index is -1.42. The molecule has 0 atom stereocenters. The van der Waals surface area contributed by atoms with Gasteiger partial charge in [0, 0.05) is 23.1 Å². The van der Waals surface area contributed by atoms with Gasteiger partial charge in [-0.2, -0.15) is 0 Å². The average Bonchev–Trinajstić information content (AvgIpc) is 2.92. The Morgan fingerprint density at radius 3 is 2.04 bits per heavy atom. The molecule has 0 unspecified atom stereocenters. The van der Waals surface area contributed by atoms with Crippen LogP contribution < -0.4 is 0 Å². The van der Waals surface area contributed by atoms with Crippen molar-refractivity contribution in [2.24, 2.45) is 0 Å². The quantitative estimate of drug-likeness (QED) is 0.283. The summed E-state index contributed by atoms with van der Waals surface area (Å²) in [5.74, 6) is -1.99. The predicted octanol–water partition coefficient (Wildman–Crippen LogP) is 6.51. The van der Waals surface area contributed by atoms with E-state index in [1.54, 1.807) is 19.1 Å². The van der Waals surface area contributed by atoms with Gasteiger partial charge >= 0.3 is 5.97 Å². The molecule has 0 saturated heterocycles. The molecule has 27 heavy (non-hydrogen) atoms. The number of carboxylic acid groups (broad SMARTS) is 1. The Bertz CT molecular complexity index is 1120. The minimum absolute atomic E-state index is 0.159. The summed E-state index contributed by atoms with van der Waals surface area (Å²) in [4.78, 5) is 25.3. The normalized spacial score (nSPS) is 11.2. The number of benzene rings is 2. The van der Waals surface area contributed by atoms with Gasteiger partial charge in [0.1, 0.15) is 0 Å². The van der Waals surface area contributed by atoms with E-state index in [-0.39, 0.29) is 25.7 Å². The number of carboxylic acids is 1. The highest BCUT2D eigenvalue weighted by atomic mass is 35.5. The predicted molar refractivity (Wildman–Crippen MR) is 109 cm³/mol. The molecule has 0 fully saturated rings. The van der Waals surface area contributed by atoms with Gasteiger partial charge in [0.15, 0.2) is 5.78 Å². The lowest BCUT2D eigenvalue weighted by Crippen LogP contribution is -2.13. The Morgan fingerprint density at radius 2 is 1.48 bits per heavy atom. The van der Waals surface area contributed by atoms with Crippen molar-refractivity contribution in [3.8, 4) is 0 Å². The number of aromatic carboxylic acids is 1. The first kappa shape index (κ1) is 20.0. The topological polar surface area (TPSA) is 59.3 Å². The molecule has 0 aliphatic heterocycles. The number of carbonyl (C=O) groups excluding carboxylic acids is 1. The molecule has 3 rings (SSSR count). The van der Waals surface area contributed by atoms with Crippen LogP contribution in [0.25, 0.3) is 10.9 Å². The maximum absolute atomic E-state index is 13.5. The van der Waals surface area contributed by atoms with Gasteiger partial charge in [-0.05, 0) is 19.9 Å². The zero-order chi connectivity index (χ0) is 20.0. The second kappa shape index (κ2) is 7.36. The third-order valence-electron chi connectivity index (χ3n) is 4.48. The maximum Gasteiger partial charge on any atom is 0.338 e. The molecule has 1 aromatic heterocycles. The summed E-state index contributed by atoms with van der Waals surface area (Å²) < 4.78 is 1.97. The lowest BCUT2D eigenvalue weighted by molar-refractivity contribution is 0.0693. The Balaban J connectivity index is 2.42. The number of carbonyl (C=O) groups is 2. The van der Waals surface area contributed by atoms with E-state index < -0.39 is 17.3 Å².